The summed E-state index contributed by atoms with van der Waals surface area (Å²) in [6, 6.07) is 6.26. The molecule has 3 rings (SSSR count). The molecule has 2 aliphatic rings. The van der Waals surface area contributed by atoms with Crippen molar-refractivity contribution in [2.24, 2.45) is 0 Å². The molecular weight excluding hydrogens is 226 g/mol. The molecule has 1 aliphatic heterocycles. The Balaban J connectivity index is 1.68. The Morgan fingerprint density at radius 1 is 1.11 bits per heavy atom. The van der Waals surface area contributed by atoms with Crippen LogP contribution >= 0.6 is 0 Å². The van der Waals surface area contributed by atoms with Crippen LogP contribution in [0, 0.1) is 0 Å². The number of hydrogen-bond donors (Lipinski definition) is 1. The van der Waals surface area contributed by atoms with Gasteiger partial charge in [0.05, 0.1) is 13.2 Å². The SMILES string of the molecule is O=C(NC1CCCCC1)c1ccc2c(c1)COC2. The van der Waals surface area contributed by atoms with Gasteiger partial charge in [-0.3, -0.25) is 4.79 Å². The minimum Gasteiger partial charge on any atom is -0.372 e. The van der Waals surface area contributed by atoms with E-state index in [0.29, 0.717) is 19.3 Å². The highest BCUT2D eigenvalue weighted by atomic mass is 16.5. The molecule has 1 aliphatic carbocycles. The third kappa shape index (κ3) is 2.41. The van der Waals surface area contributed by atoms with Crippen LogP contribution in [0.1, 0.15) is 53.6 Å². The van der Waals surface area contributed by atoms with Crippen molar-refractivity contribution in [1.29, 1.82) is 0 Å². The van der Waals surface area contributed by atoms with Gasteiger partial charge >= 0.3 is 0 Å². The monoisotopic (exact) mass is 245 g/mol. The van der Waals surface area contributed by atoms with Gasteiger partial charge in [0.2, 0.25) is 0 Å². The first-order valence-corrected chi connectivity index (χ1v) is 6.83. The summed E-state index contributed by atoms with van der Waals surface area (Å²) in [6.45, 7) is 1.32. The van der Waals surface area contributed by atoms with Crippen molar-refractivity contribution < 1.29 is 9.53 Å². The maximum Gasteiger partial charge on any atom is 0.251 e. The van der Waals surface area contributed by atoms with Crippen LogP contribution in [-0.2, 0) is 18.0 Å². The van der Waals surface area contributed by atoms with E-state index in [2.05, 4.69) is 5.32 Å². The van der Waals surface area contributed by atoms with Gasteiger partial charge in [0.1, 0.15) is 0 Å². The summed E-state index contributed by atoms with van der Waals surface area (Å²) < 4.78 is 5.37. The van der Waals surface area contributed by atoms with Crippen LogP contribution in [0.25, 0.3) is 0 Å². The third-order valence-electron chi connectivity index (χ3n) is 3.92. The molecule has 0 aromatic heterocycles. The summed E-state index contributed by atoms with van der Waals surface area (Å²) in [6.07, 6.45) is 6.04. The Morgan fingerprint density at radius 2 is 1.89 bits per heavy atom. The minimum atomic E-state index is 0.0663. The molecule has 0 spiro atoms. The number of carbonyl (C=O) groups is 1. The molecule has 1 aromatic carbocycles. The van der Waals surface area contributed by atoms with Crippen LogP contribution in [-0.4, -0.2) is 11.9 Å². The number of amides is 1. The van der Waals surface area contributed by atoms with Gasteiger partial charge in [-0.15, -0.1) is 0 Å². The lowest BCUT2D eigenvalue weighted by molar-refractivity contribution is 0.0927. The Bertz CT molecular complexity index is 450. The summed E-state index contributed by atoms with van der Waals surface area (Å²) in [7, 11) is 0. The van der Waals surface area contributed by atoms with Gasteiger partial charge < -0.3 is 10.1 Å². The molecule has 0 atom stereocenters. The van der Waals surface area contributed by atoms with Crippen LogP contribution in [0.5, 0.6) is 0 Å². The number of hydrogen-bond acceptors (Lipinski definition) is 2. The molecule has 0 saturated heterocycles. The number of fused-ring (bicyclic) bond motifs is 1. The molecule has 1 saturated carbocycles. The van der Waals surface area contributed by atoms with Crippen LogP contribution < -0.4 is 5.32 Å². The zero-order chi connectivity index (χ0) is 12.4. The zero-order valence-electron chi connectivity index (χ0n) is 10.6. The van der Waals surface area contributed by atoms with Crippen molar-refractivity contribution in [2.45, 2.75) is 51.4 Å². The van der Waals surface area contributed by atoms with Crippen molar-refractivity contribution in [3.05, 3.63) is 34.9 Å². The van der Waals surface area contributed by atoms with E-state index in [1.54, 1.807) is 0 Å². The Labute approximate surface area is 108 Å². The van der Waals surface area contributed by atoms with E-state index >= 15 is 0 Å². The second-order valence-electron chi connectivity index (χ2n) is 5.28. The maximum absolute atomic E-state index is 12.2. The van der Waals surface area contributed by atoms with E-state index in [9.17, 15) is 4.79 Å². The van der Waals surface area contributed by atoms with Gasteiger partial charge in [0.15, 0.2) is 0 Å². The second-order valence-corrected chi connectivity index (χ2v) is 5.28. The van der Waals surface area contributed by atoms with Crippen molar-refractivity contribution in [2.75, 3.05) is 0 Å². The van der Waals surface area contributed by atoms with Gasteiger partial charge in [-0.1, -0.05) is 25.3 Å². The summed E-state index contributed by atoms with van der Waals surface area (Å²) in [5, 5.41) is 3.15. The Morgan fingerprint density at radius 3 is 2.72 bits per heavy atom. The molecule has 3 heteroatoms. The van der Waals surface area contributed by atoms with Crippen LogP contribution in [0.3, 0.4) is 0 Å². The lowest BCUT2D eigenvalue weighted by Crippen LogP contribution is -2.36. The summed E-state index contributed by atoms with van der Waals surface area (Å²) in [5.74, 6) is 0.0663. The van der Waals surface area contributed by atoms with Gasteiger partial charge in [-0.2, -0.15) is 0 Å². The van der Waals surface area contributed by atoms with Gasteiger partial charge in [0, 0.05) is 11.6 Å². The Kier molecular flexibility index (Phi) is 3.33. The molecule has 1 fully saturated rings. The van der Waals surface area contributed by atoms with E-state index in [0.717, 1.165) is 24.0 Å². The fourth-order valence-corrected chi connectivity index (χ4v) is 2.83. The highest BCUT2D eigenvalue weighted by Gasteiger charge is 2.18. The van der Waals surface area contributed by atoms with E-state index in [4.69, 9.17) is 4.74 Å². The number of ether oxygens (including phenoxy) is 1. The smallest absolute Gasteiger partial charge is 0.251 e. The number of benzene rings is 1. The van der Waals surface area contributed by atoms with Crippen LogP contribution in [0.4, 0.5) is 0 Å². The van der Waals surface area contributed by atoms with Crippen LogP contribution in [0.15, 0.2) is 18.2 Å². The van der Waals surface area contributed by atoms with E-state index in [1.165, 1.54) is 24.8 Å². The first-order chi connectivity index (χ1) is 8.83. The highest BCUT2D eigenvalue weighted by Crippen LogP contribution is 2.22. The van der Waals surface area contributed by atoms with E-state index in [1.807, 2.05) is 18.2 Å². The molecule has 1 N–H and O–H groups in total. The van der Waals surface area contributed by atoms with E-state index < -0.39 is 0 Å². The molecule has 1 heterocycles. The van der Waals surface area contributed by atoms with Crippen molar-refractivity contribution in [1.82, 2.24) is 5.32 Å². The number of nitrogens with one attached hydrogen (secondary N) is 1. The fourth-order valence-electron chi connectivity index (χ4n) is 2.83. The van der Waals surface area contributed by atoms with Crippen molar-refractivity contribution >= 4 is 5.91 Å². The summed E-state index contributed by atoms with van der Waals surface area (Å²) in [5.41, 5.74) is 3.14. The quantitative estimate of drug-likeness (QED) is 0.870. The molecule has 1 aromatic rings. The lowest BCUT2D eigenvalue weighted by atomic mass is 9.95. The molecule has 0 radical (unpaired) electrons. The average Bonchev–Trinajstić information content (AvgIpc) is 2.87. The molecule has 0 unspecified atom stereocenters. The van der Waals surface area contributed by atoms with Crippen LogP contribution in [0.2, 0.25) is 0 Å². The predicted octanol–water partition coefficient (Wildman–Crippen LogP) is 2.78. The normalized spacial score (nSPS) is 19.6. The van der Waals surface area contributed by atoms with Gasteiger partial charge in [-0.05, 0) is 36.1 Å². The predicted molar refractivity (Wildman–Crippen MR) is 69.3 cm³/mol. The minimum absolute atomic E-state index is 0.0663. The Hall–Kier alpha value is -1.35. The molecular formula is C15H19NO2. The largest absolute Gasteiger partial charge is 0.372 e. The van der Waals surface area contributed by atoms with Gasteiger partial charge in [-0.25, -0.2) is 0 Å². The fraction of sp³-hybridized carbons (Fsp3) is 0.533. The highest BCUT2D eigenvalue weighted by molar-refractivity contribution is 5.94. The van der Waals surface area contributed by atoms with Gasteiger partial charge in [0.25, 0.3) is 5.91 Å². The molecule has 0 bridgehead atoms. The van der Waals surface area contributed by atoms with Crippen molar-refractivity contribution in [3.8, 4) is 0 Å². The lowest BCUT2D eigenvalue weighted by Gasteiger charge is -2.22. The second kappa shape index (κ2) is 5.11. The topological polar surface area (TPSA) is 38.3 Å². The molecule has 3 nitrogen and oxygen atoms in total. The first kappa shape index (κ1) is 11.7. The zero-order valence-corrected chi connectivity index (χ0v) is 10.6. The summed E-state index contributed by atoms with van der Waals surface area (Å²) >= 11 is 0. The third-order valence-corrected chi connectivity index (χ3v) is 3.92. The van der Waals surface area contributed by atoms with Crippen molar-refractivity contribution in [3.63, 3.8) is 0 Å². The molecule has 96 valence electrons. The first-order valence-electron chi connectivity index (χ1n) is 6.83. The number of rotatable bonds is 2. The standard InChI is InChI=1S/C15H19NO2/c17-15(16-14-4-2-1-3-5-14)11-6-7-12-9-18-10-13(12)8-11/h6-8,14H,1-5,9-10H2,(H,16,17). The number of carbonyl (C=O) groups excluding carboxylic acids is 1. The molecule has 18 heavy (non-hydrogen) atoms. The maximum atomic E-state index is 12.2. The van der Waals surface area contributed by atoms with E-state index in [-0.39, 0.29) is 5.91 Å². The average molecular weight is 245 g/mol. The summed E-state index contributed by atoms with van der Waals surface area (Å²) in [4.78, 5) is 12.2. The molecule has 1 amide bonds.